The molecule has 8 heteroatoms. The zero-order valence-corrected chi connectivity index (χ0v) is 24.1. The number of ketones is 1. The van der Waals surface area contributed by atoms with Crippen LogP contribution in [0.2, 0.25) is 0 Å². The molecule has 1 unspecified atom stereocenters. The smallest absolute Gasteiger partial charge is 0.310 e. The van der Waals surface area contributed by atoms with Crippen LogP contribution in [-0.4, -0.2) is 33.9 Å². The standard InChI is InChI=1S/C33H30N2O5S/c1-19(2)40-26(36)18-22-13-15-25(16-14-22)35-28(24-12-8-9-20(3)17-24)27(30(38)33(35)39)29(37)31-21(4)34-32(41-31)23-10-6-5-7-11-23/h5-17,19,28,38H,18H2,1-4H3. The number of carbonyl (C=O) groups excluding carboxylic acids is 3. The van der Waals surface area contributed by atoms with Crippen LogP contribution in [0.4, 0.5) is 5.69 Å². The first kappa shape index (κ1) is 28.0. The normalized spacial score (nSPS) is 15.1. The average molecular weight is 567 g/mol. The van der Waals surface area contributed by atoms with E-state index in [0.717, 1.165) is 16.7 Å². The highest BCUT2D eigenvalue weighted by Crippen LogP contribution is 2.43. The molecule has 5 rings (SSSR count). The van der Waals surface area contributed by atoms with Crippen molar-refractivity contribution in [3.63, 3.8) is 0 Å². The molecule has 4 aromatic rings. The van der Waals surface area contributed by atoms with Crippen LogP contribution >= 0.6 is 11.3 Å². The van der Waals surface area contributed by atoms with Gasteiger partial charge in [-0.3, -0.25) is 19.3 Å². The Bertz CT molecular complexity index is 1650. The number of hydrogen-bond acceptors (Lipinski definition) is 7. The van der Waals surface area contributed by atoms with Crippen molar-refractivity contribution >= 4 is 34.7 Å². The highest BCUT2D eigenvalue weighted by Gasteiger charge is 2.45. The number of rotatable bonds is 8. The SMILES string of the molecule is Cc1cccc(C2C(C(=O)c3sc(-c4ccccc4)nc3C)=C(O)C(=O)N2c2ccc(CC(=O)OC(C)C)cc2)c1. The van der Waals surface area contributed by atoms with E-state index < -0.39 is 23.5 Å². The van der Waals surface area contributed by atoms with Gasteiger partial charge in [0, 0.05) is 11.3 Å². The van der Waals surface area contributed by atoms with Gasteiger partial charge >= 0.3 is 5.97 Å². The van der Waals surface area contributed by atoms with Crippen LogP contribution in [0.15, 0.2) is 90.2 Å². The molecule has 1 aliphatic heterocycles. The predicted molar refractivity (Wildman–Crippen MR) is 159 cm³/mol. The van der Waals surface area contributed by atoms with Crippen LogP contribution in [0.3, 0.4) is 0 Å². The largest absolute Gasteiger partial charge is 0.503 e. The Balaban J connectivity index is 1.54. The number of anilines is 1. The third-order valence-electron chi connectivity index (χ3n) is 6.76. The maximum absolute atomic E-state index is 14.1. The molecule has 208 valence electrons. The number of nitrogens with zero attached hydrogens (tertiary/aromatic N) is 2. The Morgan fingerprint density at radius 1 is 1.00 bits per heavy atom. The van der Waals surface area contributed by atoms with E-state index in [0.29, 0.717) is 26.8 Å². The lowest BCUT2D eigenvalue weighted by Gasteiger charge is -2.27. The van der Waals surface area contributed by atoms with E-state index in [2.05, 4.69) is 4.98 Å². The predicted octanol–water partition coefficient (Wildman–Crippen LogP) is 6.70. The van der Waals surface area contributed by atoms with Gasteiger partial charge < -0.3 is 9.84 Å². The fourth-order valence-electron chi connectivity index (χ4n) is 4.94. The Morgan fingerprint density at radius 3 is 2.37 bits per heavy atom. The molecule has 1 aromatic heterocycles. The molecule has 2 heterocycles. The molecule has 7 nitrogen and oxygen atoms in total. The second kappa shape index (κ2) is 11.5. The minimum atomic E-state index is -0.853. The minimum absolute atomic E-state index is 0.0107. The van der Waals surface area contributed by atoms with E-state index in [9.17, 15) is 19.5 Å². The van der Waals surface area contributed by atoms with Gasteiger partial charge in [0.25, 0.3) is 5.91 Å². The van der Waals surface area contributed by atoms with Gasteiger partial charge in [0.1, 0.15) is 5.01 Å². The molecule has 0 radical (unpaired) electrons. The highest BCUT2D eigenvalue weighted by atomic mass is 32.1. The average Bonchev–Trinajstić information content (AvgIpc) is 3.46. The molecular formula is C33H30N2O5S. The second-order valence-corrected chi connectivity index (χ2v) is 11.3. The maximum atomic E-state index is 14.1. The summed E-state index contributed by atoms with van der Waals surface area (Å²) in [5.41, 5.74) is 4.29. The van der Waals surface area contributed by atoms with Gasteiger partial charge in [0.2, 0.25) is 5.78 Å². The van der Waals surface area contributed by atoms with Gasteiger partial charge in [-0.15, -0.1) is 11.3 Å². The number of aryl methyl sites for hydroxylation is 2. The Morgan fingerprint density at radius 2 is 1.71 bits per heavy atom. The summed E-state index contributed by atoms with van der Waals surface area (Å²) < 4.78 is 5.24. The van der Waals surface area contributed by atoms with Gasteiger partial charge in [-0.1, -0.05) is 72.3 Å². The molecule has 0 saturated carbocycles. The zero-order valence-electron chi connectivity index (χ0n) is 23.3. The number of ether oxygens (including phenoxy) is 1. The fourth-order valence-corrected chi connectivity index (χ4v) is 5.96. The van der Waals surface area contributed by atoms with E-state index in [1.807, 2.05) is 61.5 Å². The van der Waals surface area contributed by atoms with Crippen molar-refractivity contribution in [2.45, 2.75) is 46.3 Å². The summed E-state index contributed by atoms with van der Waals surface area (Å²) in [6.45, 7) is 7.27. The summed E-state index contributed by atoms with van der Waals surface area (Å²) in [4.78, 5) is 46.2. The lowest BCUT2D eigenvalue weighted by molar-refractivity contribution is -0.146. The molecule has 41 heavy (non-hydrogen) atoms. The van der Waals surface area contributed by atoms with Crippen LogP contribution in [0.1, 0.15) is 51.9 Å². The third-order valence-corrected chi connectivity index (χ3v) is 7.97. The van der Waals surface area contributed by atoms with Crippen molar-refractivity contribution in [2.24, 2.45) is 0 Å². The van der Waals surface area contributed by atoms with Crippen molar-refractivity contribution in [2.75, 3.05) is 4.90 Å². The number of aliphatic hydroxyl groups excluding tert-OH is 1. The molecule has 1 aliphatic rings. The number of thiazole rings is 1. The molecule has 1 amide bonds. The third kappa shape index (κ3) is 5.69. The molecule has 0 bridgehead atoms. The molecule has 1 N–H and O–H groups in total. The maximum Gasteiger partial charge on any atom is 0.310 e. The van der Waals surface area contributed by atoms with Gasteiger partial charge in [0.05, 0.1) is 34.7 Å². The monoisotopic (exact) mass is 566 g/mol. The van der Waals surface area contributed by atoms with Crippen LogP contribution in [0.5, 0.6) is 0 Å². The van der Waals surface area contributed by atoms with Crippen molar-refractivity contribution in [1.82, 2.24) is 4.98 Å². The number of esters is 1. The summed E-state index contributed by atoms with van der Waals surface area (Å²) in [6, 6.07) is 23.2. The number of benzene rings is 3. The molecule has 0 saturated heterocycles. The van der Waals surface area contributed by atoms with Crippen molar-refractivity contribution in [3.8, 4) is 10.6 Å². The molecular weight excluding hydrogens is 536 g/mol. The number of aliphatic hydroxyl groups is 1. The van der Waals surface area contributed by atoms with E-state index in [4.69, 9.17) is 4.74 Å². The number of hydrogen-bond donors (Lipinski definition) is 1. The lowest BCUT2D eigenvalue weighted by atomic mass is 9.94. The Labute approximate surface area is 242 Å². The number of carbonyl (C=O) groups is 3. The van der Waals surface area contributed by atoms with Crippen LogP contribution in [0, 0.1) is 13.8 Å². The van der Waals surface area contributed by atoms with E-state index >= 15 is 0 Å². The zero-order chi connectivity index (χ0) is 29.3. The lowest BCUT2D eigenvalue weighted by Crippen LogP contribution is -2.31. The summed E-state index contributed by atoms with van der Waals surface area (Å²) in [7, 11) is 0. The first-order chi connectivity index (χ1) is 19.6. The molecule has 0 aliphatic carbocycles. The van der Waals surface area contributed by atoms with E-state index in [1.54, 1.807) is 45.0 Å². The van der Waals surface area contributed by atoms with Crippen molar-refractivity contribution in [3.05, 3.63) is 117 Å². The molecule has 3 aromatic carbocycles. The van der Waals surface area contributed by atoms with Crippen LogP contribution in [0.25, 0.3) is 10.6 Å². The van der Waals surface area contributed by atoms with Gasteiger partial charge in [-0.25, -0.2) is 4.98 Å². The molecule has 1 atom stereocenters. The fraction of sp³-hybridized carbons (Fsp3) is 0.212. The number of amides is 1. The van der Waals surface area contributed by atoms with Crippen molar-refractivity contribution in [1.29, 1.82) is 0 Å². The Hall–Kier alpha value is -4.56. The van der Waals surface area contributed by atoms with Gasteiger partial charge in [0.15, 0.2) is 5.76 Å². The first-order valence-electron chi connectivity index (χ1n) is 13.3. The molecule has 0 fully saturated rings. The quantitative estimate of drug-likeness (QED) is 0.188. The number of Topliss-reactive ketones (excluding diaryl/α,β-unsaturated/α-hetero) is 1. The minimum Gasteiger partial charge on any atom is -0.503 e. The van der Waals surface area contributed by atoms with Gasteiger partial charge in [-0.05, 0) is 51.0 Å². The van der Waals surface area contributed by atoms with Crippen molar-refractivity contribution < 1.29 is 24.2 Å². The summed E-state index contributed by atoms with van der Waals surface area (Å²) in [6.07, 6.45) is -0.120. The van der Waals surface area contributed by atoms with Gasteiger partial charge in [-0.2, -0.15) is 0 Å². The molecule has 0 spiro atoms. The topological polar surface area (TPSA) is 96.8 Å². The summed E-state index contributed by atoms with van der Waals surface area (Å²) in [5.74, 6) is -2.03. The number of aromatic nitrogens is 1. The van der Waals surface area contributed by atoms with Crippen LogP contribution in [-0.2, 0) is 20.7 Å². The summed E-state index contributed by atoms with van der Waals surface area (Å²) in [5, 5.41) is 11.9. The van der Waals surface area contributed by atoms with E-state index in [1.165, 1.54) is 16.2 Å². The second-order valence-electron chi connectivity index (χ2n) is 10.3. The Kier molecular flexibility index (Phi) is 7.85. The van der Waals surface area contributed by atoms with E-state index in [-0.39, 0.29) is 24.1 Å². The summed E-state index contributed by atoms with van der Waals surface area (Å²) >= 11 is 1.24. The van der Waals surface area contributed by atoms with Crippen LogP contribution < -0.4 is 4.90 Å². The highest BCUT2D eigenvalue weighted by molar-refractivity contribution is 7.17. The first-order valence-corrected chi connectivity index (χ1v) is 14.1.